The number of benzene rings is 3. The molecular formula is C25H17BrN2O2. The largest absolute Gasteiger partial charge is 0.341 e. The molecule has 3 aromatic carbocycles. The molecule has 1 aliphatic carbocycles. The molecule has 0 fully saturated rings. The number of carbonyl (C=O) groups excluding carboxylic acids is 2. The Labute approximate surface area is 181 Å². The van der Waals surface area contributed by atoms with Gasteiger partial charge in [-0.15, -0.1) is 0 Å². The molecule has 0 saturated heterocycles. The van der Waals surface area contributed by atoms with E-state index in [0.717, 1.165) is 39.1 Å². The molecule has 2 heterocycles. The van der Waals surface area contributed by atoms with Crippen LogP contribution < -0.4 is 4.90 Å². The lowest BCUT2D eigenvalue weighted by molar-refractivity contribution is 0.0893. The number of hydrogen-bond acceptors (Lipinski definition) is 2. The van der Waals surface area contributed by atoms with Gasteiger partial charge < -0.3 is 4.57 Å². The summed E-state index contributed by atoms with van der Waals surface area (Å²) in [5, 5.41) is 2.71. The molecule has 1 aliphatic heterocycles. The second-order valence-corrected chi connectivity index (χ2v) is 8.54. The van der Waals surface area contributed by atoms with Gasteiger partial charge in [0, 0.05) is 44.1 Å². The molecule has 5 heteroatoms. The SMILES string of the molecule is CCn1c2c(c3cc(N4C(=O)c5cccc6c(Br)ccc(c56)C4=O)ccc31)CC=C2. The average molecular weight is 457 g/mol. The van der Waals surface area contributed by atoms with Gasteiger partial charge in [-0.25, -0.2) is 4.90 Å². The van der Waals surface area contributed by atoms with E-state index in [1.54, 1.807) is 12.1 Å². The summed E-state index contributed by atoms with van der Waals surface area (Å²) in [6.07, 6.45) is 5.19. The number of allylic oxidation sites excluding steroid dienone is 1. The maximum absolute atomic E-state index is 13.4. The highest BCUT2D eigenvalue weighted by molar-refractivity contribution is 9.10. The predicted molar refractivity (Wildman–Crippen MR) is 123 cm³/mol. The summed E-state index contributed by atoms with van der Waals surface area (Å²) < 4.78 is 3.16. The normalized spacial score (nSPS) is 14.9. The number of fused-ring (bicyclic) bond motifs is 3. The third-order valence-electron chi connectivity index (χ3n) is 6.22. The molecule has 1 aromatic heterocycles. The Bertz CT molecular complexity index is 1440. The van der Waals surface area contributed by atoms with Gasteiger partial charge in [-0.3, -0.25) is 9.59 Å². The van der Waals surface area contributed by atoms with Gasteiger partial charge in [-0.2, -0.15) is 0 Å². The number of nitrogens with zero attached hydrogens (tertiary/aromatic N) is 2. The molecule has 0 radical (unpaired) electrons. The highest BCUT2D eigenvalue weighted by Crippen LogP contribution is 2.38. The van der Waals surface area contributed by atoms with E-state index in [0.29, 0.717) is 16.8 Å². The van der Waals surface area contributed by atoms with Crippen LogP contribution in [-0.2, 0) is 13.0 Å². The number of aryl methyl sites for hydroxylation is 1. The summed E-state index contributed by atoms with van der Waals surface area (Å²) in [4.78, 5) is 28.2. The monoisotopic (exact) mass is 456 g/mol. The number of carbonyl (C=O) groups is 2. The van der Waals surface area contributed by atoms with Crippen molar-refractivity contribution in [2.24, 2.45) is 0 Å². The zero-order valence-corrected chi connectivity index (χ0v) is 17.9. The Morgan fingerprint density at radius 2 is 1.77 bits per heavy atom. The summed E-state index contributed by atoms with van der Waals surface area (Å²) in [6, 6.07) is 15.2. The van der Waals surface area contributed by atoms with Crippen LogP contribution in [0.15, 0.2) is 59.1 Å². The van der Waals surface area contributed by atoms with E-state index in [-0.39, 0.29) is 11.8 Å². The zero-order valence-electron chi connectivity index (χ0n) is 16.3. The fourth-order valence-electron chi connectivity index (χ4n) is 4.90. The first kappa shape index (κ1) is 17.7. The molecule has 0 unspecified atom stereocenters. The van der Waals surface area contributed by atoms with E-state index < -0.39 is 0 Å². The number of halogens is 1. The summed E-state index contributed by atoms with van der Waals surface area (Å²) in [5.41, 5.74) is 5.35. The lowest BCUT2D eigenvalue weighted by atomic mass is 9.93. The van der Waals surface area contributed by atoms with Crippen LogP contribution in [-0.4, -0.2) is 16.4 Å². The standard InChI is InChI=1S/C25H17BrN2O2/c1-2-27-21-8-4-5-15(21)19-13-14(9-12-22(19)27)28-24(29)17-7-3-6-16-20(26)11-10-18(23(16)17)25(28)30/h3-4,6-13H,2,5H2,1H3. The Kier molecular flexibility index (Phi) is 3.63. The van der Waals surface area contributed by atoms with E-state index in [1.165, 1.54) is 16.2 Å². The molecule has 0 spiro atoms. The molecule has 0 bridgehead atoms. The zero-order chi connectivity index (χ0) is 20.6. The van der Waals surface area contributed by atoms with Crippen molar-refractivity contribution in [1.29, 1.82) is 0 Å². The topological polar surface area (TPSA) is 42.3 Å². The molecule has 6 rings (SSSR count). The Morgan fingerprint density at radius 1 is 0.967 bits per heavy atom. The molecule has 2 amide bonds. The molecule has 30 heavy (non-hydrogen) atoms. The summed E-state index contributed by atoms with van der Waals surface area (Å²) in [5.74, 6) is -0.555. The molecule has 146 valence electrons. The van der Waals surface area contributed by atoms with E-state index in [4.69, 9.17) is 0 Å². The molecule has 4 aromatic rings. The summed E-state index contributed by atoms with van der Waals surface area (Å²) in [6.45, 7) is 3.01. The van der Waals surface area contributed by atoms with Gasteiger partial charge in [-0.05, 0) is 66.8 Å². The fraction of sp³-hybridized carbons (Fsp3) is 0.120. The molecule has 0 N–H and O–H groups in total. The number of aromatic nitrogens is 1. The second-order valence-electron chi connectivity index (χ2n) is 7.68. The molecule has 0 saturated carbocycles. The van der Waals surface area contributed by atoms with Gasteiger partial charge in [0.15, 0.2) is 0 Å². The Morgan fingerprint density at radius 3 is 2.57 bits per heavy atom. The van der Waals surface area contributed by atoms with Crippen molar-refractivity contribution in [2.45, 2.75) is 19.9 Å². The minimum atomic E-state index is -0.278. The van der Waals surface area contributed by atoms with Crippen LogP contribution in [0, 0.1) is 0 Å². The fourth-order valence-corrected chi connectivity index (χ4v) is 5.36. The van der Waals surface area contributed by atoms with Crippen LogP contribution in [0.4, 0.5) is 5.69 Å². The quantitative estimate of drug-likeness (QED) is 0.350. The first-order valence-electron chi connectivity index (χ1n) is 10.0. The van der Waals surface area contributed by atoms with Crippen molar-refractivity contribution in [3.8, 4) is 0 Å². The number of amides is 2. The van der Waals surface area contributed by atoms with Crippen LogP contribution in [0.1, 0.15) is 38.9 Å². The van der Waals surface area contributed by atoms with Crippen LogP contribution >= 0.6 is 15.9 Å². The van der Waals surface area contributed by atoms with Gasteiger partial charge in [0.2, 0.25) is 0 Å². The maximum Gasteiger partial charge on any atom is 0.265 e. The highest BCUT2D eigenvalue weighted by Gasteiger charge is 2.34. The van der Waals surface area contributed by atoms with Gasteiger partial charge in [0.1, 0.15) is 0 Å². The van der Waals surface area contributed by atoms with E-state index >= 15 is 0 Å². The van der Waals surface area contributed by atoms with Crippen LogP contribution in [0.3, 0.4) is 0 Å². The third kappa shape index (κ3) is 2.16. The molecule has 2 aliphatic rings. The van der Waals surface area contributed by atoms with Crippen molar-refractivity contribution < 1.29 is 9.59 Å². The van der Waals surface area contributed by atoms with Crippen molar-refractivity contribution in [3.05, 3.63) is 81.5 Å². The third-order valence-corrected chi connectivity index (χ3v) is 6.91. The van der Waals surface area contributed by atoms with E-state index in [9.17, 15) is 9.59 Å². The number of imide groups is 1. The molecular weight excluding hydrogens is 440 g/mol. The first-order chi connectivity index (χ1) is 14.6. The van der Waals surface area contributed by atoms with Crippen molar-refractivity contribution in [3.63, 3.8) is 0 Å². The van der Waals surface area contributed by atoms with Crippen LogP contribution in [0.2, 0.25) is 0 Å². The molecule has 0 atom stereocenters. The maximum atomic E-state index is 13.4. The van der Waals surface area contributed by atoms with E-state index in [1.807, 2.05) is 36.4 Å². The number of hydrogen-bond donors (Lipinski definition) is 0. The van der Waals surface area contributed by atoms with Gasteiger partial charge >= 0.3 is 0 Å². The summed E-state index contributed by atoms with van der Waals surface area (Å²) in [7, 11) is 0. The van der Waals surface area contributed by atoms with Gasteiger partial charge in [0.05, 0.1) is 5.69 Å². The first-order valence-corrected chi connectivity index (χ1v) is 10.8. The minimum absolute atomic E-state index is 0.278. The number of rotatable bonds is 2. The van der Waals surface area contributed by atoms with Crippen molar-refractivity contribution in [2.75, 3.05) is 4.90 Å². The van der Waals surface area contributed by atoms with E-state index in [2.05, 4.69) is 39.6 Å². The lowest BCUT2D eigenvalue weighted by Crippen LogP contribution is -2.40. The highest BCUT2D eigenvalue weighted by atomic mass is 79.9. The average Bonchev–Trinajstić information content (AvgIpc) is 3.34. The van der Waals surface area contributed by atoms with Crippen LogP contribution in [0.5, 0.6) is 0 Å². The smallest absolute Gasteiger partial charge is 0.265 e. The Hall–Kier alpha value is -3.18. The second kappa shape index (κ2) is 6.16. The minimum Gasteiger partial charge on any atom is -0.341 e. The van der Waals surface area contributed by atoms with Crippen LogP contribution in [0.25, 0.3) is 27.8 Å². The number of anilines is 1. The predicted octanol–water partition coefficient (Wildman–Crippen LogP) is 5.95. The summed E-state index contributed by atoms with van der Waals surface area (Å²) >= 11 is 3.54. The molecule has 4 nitrogen and oxygen atoms in total. The lowest BCUT2D eigenvalue weighted by Gasteiger charge is -2.27. The van der Waals surface area contributed by atoms with Crippen molar-refractivity contribution >= 4 is 61.2 Å². The van der Waals surface area contributed by atoms with Gasteiger partial charge in [0.25, 0.3) is 11.8 Å². The Balaban J connectivity index is 1.57. The van der Waals surface area contributed by atoms with Gasteiger partial charge in [-0.1, -0.05) is 34.1 Å². The van der Waals surface area contributed by atoms with Crippen molar-refractivity contribution in [1.82, 2.24) is 4.57 Å².